The molecule has 1 fully saturated rings. The van der Waals surface area contributed by atoms with Gasteiger partial charge in [-0.2, -0.15) is 4.31 Å². The predicted molar refractivity (Wildman–Crippen MR) is 80.7 cm³/mol. The highest BCUT2D eigenvalue weighted by molar-refractivity contribution is 7.89. The molecule has 0 aromatic heterocycles. The molecule has 0 spiro atoms. The second-order valence-corrected chi connectivity index (χ2v) is 7.18. The lowest BCUT2D eigenvalue weighted by Crippen LogP contribution is -2.43. The van der Waals surface area contributed by atoms with Gasteiger partial charge in [-0.05, 0) is 37.0 Å². The van der Waals surface area contributed by atoms with E-state index in [1.54, 1.807) is 16.4 Å². The van der Waals surface area contributed by atoms with Crippen molar-refractivity contribution >= 4 is 10.0 Å². The quantitative estimate of drug-likeness (QED) is 0.904. The second-order valence-electron chi connectivity index (χ2n) is 5.32. The molecule has 0 radical (unpaired) electrons. The summed E-state index contributed by atoms with van der Waals surface area (Å²) >= 11 is 0. The van der Waals surface area contributed by atoms with E-state index in [2.05, 4.69) is 0 Å². The summed E-state index contributed by atoms with van der Waals surface area (Å²) in [5.41, 5.74) is 0.569. The van der Waals surface area contributed by atoms with Crippen LogP contribution in [0, 0.1) is 0 Å². The summed E-state index contributed by atoms with van der Waals surface area (Å²) in [5, 5.41) is 9.25. The Labute approximate surface area is 126 Å². The average molecular weight is 313 g/mol. The number of hydrogen-bond donors (Lipinski definition) is 1. The molecule has 5 nitrogen and oxygen atoms in total. The highest BCUT2D eigenvalue weighted by atomic mass is 32.2. The van der Waals surface area contributed by atoms with Gasteiger partial charge >= 0.3 is 0 Å². The van der Waals surface area contributed by atoms with Crippen LogP contribution >= 0.6 is 0 Å². The number of methoxy groups -OCH3 is 1. The van der Waals surface area contributed by atoms with E-state index in [-0.39, 0.29) is 17.5 Å². The Morgan fingerprint density at radius 3 is 2.76 bits per heavy atom. The van der Waals surface area contributed by atoms with Gasteiger partial charge in [0.15, 0.2) is 0 Å². The lowest BCUT2D eigenvalue weighted by atomic mass is 10.0. The number of aliphatic hydroxyl groups is 1. The molecule has 2 rings (SSSR count). The minimum absolute atomic E-state index is 0.0474. The lowest BCUT2D eigenvalue weighted by Gasteiger charge is -2.34. The zero-order valence-electron chi connectivity index (χ0n) is 12.6. The van der Waals surface area contributed by atoms with Gasteiger partial charge in [-0.1, -0.05) is 19.4 Å². The van der Waals surface area contributed by atoms with E-state index < -0.39 is 10.0 Å². The topological polar surface area (TPSA) is 66.8 Å². The maximum absolute atomic E-state index is 13.0. The van der Waals surface area contributed by atoms with Crippen LogP contribution in [0.1, 0.15) is 38.2 Å². The molecule has 0 bridgehead atoms. The molecule has 1 aliphatic rings. The summed E-state index contributed by atoms with van der Waals surface area (Å²) in [6, 6.07) is 4.83. The molecule has 0 aliphatic carbocycles. The van der Waals surface area contributed by atoms with E-state index in [1.807, 2.05) is 6.92 Å². The van der Waals surface area contributed by atoms with E-state index in [9.17, 15) is 13.5 Å². The van der Waals surface area contributed by atoms with Crippen molar-refractivity contribution in [1.29, 1.82) is 0 Å². The third kappa shape index (κ3) is 3.22. The molecule has 1 unspecified atom stereocenters. The van der Waals surface area contributed by atoms with E-state index >= 15 is 0 Å². The first-order valence-corrected chi connectivity index (χ1v) is 8.78. The molecule has 1 saturated heterocycles. The van der Waals surface area contributed by atoms with Crippen LogP contribution in [-0.2, 0) is 16.6 Å². The van der Waals surface area contributed by atoms with Crippen molar-refractivity contribution in [3.8, 4) is 5.75 Å². The number of ether oxygens (including phenoxy) is 1. The van der Waals surface area contributed by atoms with Crippen LogP contribution in [0.2, 0.25) is 0 Å². The van der Waals surface area contributed by atoms with Gasteiger partial charge in [0.25, 0.3) is 0 Å². The Bertz CT molecular complexity index is 585. The van der Waals surface area contributed by atoms with Crippen molar-refractivity contribution in [2.24, 2.45) is 0 Å². The number of aliphatic hydroxyl groups excluding tert-OH is 1. The van der Waals surface area contributed by atoms with Gasteiger partial charge in [0.1, 0.15) is 10.6 Å². The average Bonchev–Trinajstić information content (AvgIpc) is 2.54. The fraction of sp³-hybridized carbons (Fsp3) is 0.600. The molecule has 21 heavy (non-hydrogen) atoms. The first-order chi connectivity index (χ1) is 10.0. The highest BCUT2D eigenvalue weighted by Crippen LogP contribution is 2.32. The van der Waals surface area contributed by atoms with Gasteiger partial charge in [0.2, 0.25) is 10.0 Å². The van der Waals surface area contributed by atoms with Crippen molar-refractivity contribution in [3.05, 3.63) is 23.8 Å². The molecule has 1 N–H and O–H groups in total. The first kappa shape index (κ1) is 16.3. The number of piperidine rings is 1. The zero-order valence-corrected chi connectivity index (χ0v) is 13.4. The predicted octanol–water partition coefficient (Wildman–Crippen LogP) is 2.14. The van der Waals surface area contributed by atoms with E-state index in [4.69, 9.17) is 4.74 Å². The molecule has 118 valence electrons. The Balaban J connectivity index is 2.47. The van der Waals surface area contributed by atoms with Crippen LogP contribution < -0.4 is 4.74 Å². The van der Waals surface area contributed by atoms with Gasteiger partial charge in [0.05, 0.1) is 13.7 Å². The van der Waals surface area contributed by atoms with Gasteiger partial charge in [-0.25, -0.2) is 8.42 Å². The van der Waals surface area contributed by atoms with E-state index in [0.29, 0.717) is 17.9 Å². The fourth-order valence-electron chi connectivity index (χ4n) is 2.85. The number of nitrogens with zero attached hydrogens (tertiary/aromatic N) is 1. The number of sulfonamides is 1. The van der Waals surface area contributed by atoms with Gasteiger partial charge in [0, 0.05) is 12.6 Å². The van der Waals surface area contributed by atoms with Crippen LogP contribution in [0.25, 0.3) is 0 Å². The highest BCUT2D eigenvalue weighted by Gasteiger charge is 2.34. The summed E-state index contributed by atoms with van der Waals surface area (Å²) in [4.78, 5) is 0.150. The van der Waals surface area contributed by atoms with Crippen LogP contribution in [0.15, 0.2) is 23.1 Å². The second kappa shape index (κ2) is 6.77. The molecular formula is C15H23NO4S. The van der Waals surface area contributed by atoms with Crippen molar-refractivity contribution in [2.45, 2.75) is 50.2 Å². The molecule has 1 heterocycles. The van der Waals surface area contributed by atoms with Crippen LogP contribution in [0.3, 0.4) is 0 Å². The molecular weight excluding hydrogens is 290 g/mol. The maximum atomic E-state index is 13.0. The standard InChI is InChI=1S/C15H23NO4S/c1-3-13-6-4-5-9-16(13)21(18,19)15-10-12(11-17)7-8-14(15)20-2/h7-8,10,13,17H,3-6,9,11H2,1-2H3. The van der Waals surface area contributed by atoms with Crippen molar-refractivity contribution in [1.82, 2.24) is 4.31 Å². The Hall–Kier alpha value is -1.11. The number of benzene rings is 1. The molecule has 1 atom stereocenters. The van der Waals surface area contributed by atoms with E-state index in [0.717, 1.165) is 25.7 Å². The van der Waals surface area contributed by atoms with Crippen molar-refractivity contribution in [3.63, 3.8) is 0 Å². The van der Waals surface area contributed by atoms with Crippen LogP contribution in [-0.4, -0.2) is 37.5 Å². The number of hydrogen-bond acceptors (Lipinski definition) is 4. The molecule has 0 amide bonds. The first-order valence-electron chi connectivity index (χ1n) is 7.34. The summed E-state index contributed by atoms with van der Waals surface area (Å²) in [6.45, 7) is 2.37. The summed E-state index contributed by atoms with van der Waals surface area (Å²) in [7, 11) is -2.14. The Morgan fingerprint density at radius 1 is 1.38 bits per heavy atom. The van der Waals surface area contributed by atoms with Gasteiger partial charge in [-0.15, -0.1) is 0 Å². The lowest BCUT2D eigenvalue weighted by molar-refractivity contribution is 0.245. The SMILES string of the molecule is CCC1CCCCN1S(=O)(=O)c1cc(CO)ccc1OC. The monoisotopic (exact) mass is 313 g/mol. The zero-order chi connectivity index (χ0) is 15.5. The molecule has 1 aromatic rings. The molecule has 6 heteroatoms. The smallest absolute Gasteiger partial charge is 0.247 e. The molecule has 1 aromatic carbocycles. The third-order valence-corrected chi connectivity index (χ3v) is 6.01. The van der Waals surface area contributed by atoms with Gasteiger partial charge in [-0.3, -0.25) is 0 Å². The number of rotatable bonds is 5. The van der Waals surface area contributed by atoms with E-state index in [1.165, 1.54) is 13.2 Å². The van der Waals surface area contributed by atoms with Crippen molar-refractivity contribution in [2.75, 3.05) is 13.7 Å². The summed E-state index contributed by atoms with van der Waals surface area (Å²) in [5.74, 6) is 0.327. The van der Waals surface area contributed by atoms with Crippen LogP contribution in [0.4, 0.5) is 0 Å². The van der Waals surface area contributed by atoms with Crippen molar-refractivity contribution < 1.29 is 18.3 Å². The van der Waals surface area contributed by atoms with Gasteiger partial charge < -0.3 is 9.84 Å². The fourth-order valence-corrected chi connectivity index (χ4v) is 4.82. The maximum Gasteiger partial charge on any atom is 0.247 e. The summed E-state index contributed by atoms with van der Waals surface area (Å²) < 4.78 is 32.7. The minimum atomic E-state index is -3.60. The Morgan fingerprint density at radius 2 is 2.14 bits per heavy atom. The largest absolute Gasteiger partial charge is 0.495 e. The summed E-state index contributed by atoms with van der Waals surface area (Å²) in [6.07, 6.45) is 3.66. The normalized spacial score (nSPS) is 20.4. The van der Waals surface area contributed by atoms with Crippen LogP contribution in [0.5, 0.6) is 5.75 Å². The minimum Gasteiger partial charge on any atom is -0.495 e. The third-order valence-electron chi connectivity index (χ3n) is 4.04. The molecule has 1 aliphatic heterocycles. The molecule has 0 saturated carbocycles. The Kier molecular flexibility index (Phi) is 5.24.